The Hall–Kier alpha value is -2.68. The molecule has 2 heterocycles. The van der Waals surface area contributed by atoms with Gasteiger partial charge in [0, 0.05) is 44.8 Å². The highest BCUT2D eigenvalue weighted by molar-refractivity contribution is 7.71. The van der Waals surface area contributed by atoms with E-state index < -0.39 is 0 Å². The highest BCUT2D eigenvalue weighted by atomic mass is 32.1. The molecular formula is C20H28N6O2S. The molecule has 156 valence electrons. The number of aromatic nitrogens is 3. The van der Waals surface area contributed by atoms with E-state index in [2.05, 4.69) is 10.2 Å². The van der Waals surface area contributed by atoms with Crippen LogP contribution in [0, 0.1) is 11.7 Å². The summed E-state index contributed by atoms with van der Waals surface area (Å²) < 4.78 is 2.16. The van der Waals surface area contributed by atoms with E-state index in [9.17, 15) is 9.59 Å². The molecule has 0 bridgehead atoms. The first-order chi connectivity index (χ1) is 13.9. The van der Waals surface area contributed by atoms with Gasteiger partial charge in [-0.1, -0.05) is 23.8 Å². The first-order valence-electron chi connectivity index (χ1n) is 9.98. The Morgan fingerprint density at radius 3 is 2.41 bits per heavy atom. The van der Waals surface area contributed by atoms with Gasteiger partial charge < -0.3 is 14.7 Å². The number of H-pyrrole nitrogens is 1. The third-order valence-electron chi connectivity index (χ3n) is 5.26. The van der Waals surface area contributed by atoms with Crippen LogP contribution in [0.3, 0.4) is 0 Å². The normalized spacial score (nSPS) is 14.2. The van der Waals surface area contributed by atoms with E-state index in [1.54, 1.807) is 14.4 Å². The Morgan fingerprint density at radius 2 is 1.79 bits per heavy atom. The zero-order valence-electron chi connectivity index (χ0n) is 17.2. The number of carbonyl (C=O) groups is 2. The summed E-state index contributed by atoms with van der Waals surface area (Å²) in [7, 11) is 0. The van der Waals surface area contributed by atoms with Crippen LogP contribution in [0.2, 0.25) is 0 Å². The van der Waals surface area contributed by atoms with Crippen molar-refractivity contribution in [2.24, 2.45) is 0 Å². The van der Waals surface area contributed by atoms with Crippen molar-refractivity contribution in [3.05, 3.63) is 34.6 Å². The lowest BCUT2D eigenvalue weighted by atomic mass is 10.1. The van der Waals surface area contributed by atoms with Crippen LogP contribution in [0.1, 0.15) is 19.4 Å². The van der Waals surface area contributed by atoms with Crippen molar-refractivity contribution < 1.29 is 9.59 Å². The number of nitrogens with zero attached hydrogens (tertiary/aromatic N) is 5. The first-order valence-corrected chi connectivity index (χ1v) is 10.4. The number of aryl methyl sites for hydroxylation is 1. The summed E-state index contributed by atoms with van der Waals surface area (Å²) in [5.41, 5.74) is 2.03. The van der Waals surface area contributed by atoms with Crippen LogP contribution >= 0.6 is 12.2 Å². The minimum Gasteiger partial charge on any atom is -0.338 e. The smallest absolute Gasteiger partial charge is 0.320 e. The number of piperazine rings is 1. The van der Waals surface area contributed by atoms with E-state index in [4.69, 9.17) is 12.2 Å². The number of carbonyl (C=O) groups excluding carboxylic acids is 2. The monoisotopic (exact) mass is 416 g/mol. The maximum atomic E-state index is 12.9. The van der Waals surface area contributed by atoms with Crippen molar-refractivity contribution in [2.45, 2.75) is 27.3 Å². The lowest BCUT2D eigenvalue weighted by Crippen LogP contribution is -2.54. The van der Waals surface area contributed by atoms with Gasteiger partial charge in [0.2, 0.25) is 5.91 Å². The number of urea groups is 1. The van der Waals surface area contributed by atoms with E-state index in [1.165, 1.54) is 0 Å². The Kier molecular flexibility index (Phi) is 6.68. The molecule has 1 aromatic heterocycles. The Bertz CT molecular complexity index is 925. The van der Waals surface area contributed by atoms with E-state index in [0.29, 0.717) is 49.9 Å². The highest BCUT2D eigenvalue weighted by Crippen LogP contribution is 2.19. The Morgan fingerprint density at radius 1 is 1.14 bits per heavy atom. The SMILES string of the molecule is CCN(CC)C(=O)N1CCN(C(=O)Cn2c(-c3cccc(C)c3)n[nH]c2=S)CC1. The number of rotatable bonds is 5. The molecule has 1 saturated heterocycles. The number of hydrogen-bond donors (Lipinski definition) is 1. The van der Waals surface area contributed by atoms with Gasteiger partial charge in [0.15, 0.2) is 10.6 Å². The van der Waals surface area contributed by atoms with Crippen molar-refractivity contribution in [1.29, 1.82) is 0 Å². The zero-order chi connectivity index (χ0) is 21.0. The van der Waals surface area contributed by atoms with Crippen LogP contribution in [0.15, 0.2) is 24.3 Å². The van der Waals surface area contributed by atoms with Gasteiger partial charge in [-0.25, -0.2) is 4.79 Å². The summed E-state index contributed by atoms with van der Waals surface area (Å²) in [4.78, 5) is 30.8. The highest BCUT2D eigenvalue weighted by Gasteiger charge is 2.26. The lowest BCUT2D eigenvalue weighted by Gasteiger charge is -2.37. The second kappa shape index (κ2) is 9.21. The molecule has 0 unspecified atom stereocenters. The third-order valence-corrected chi connectivity index (χ3v) is 5.58. The number of aromatic amines is 1. The van der Waals surface area contributed by atoms with Gasteiger partial charge in [0.25, 0.3) is 0 Å². The lowest BCUT2D eigenvalue weighted by molar-refractivity contribution is -0.133. The molecule has 3 amide bonds. The van der Waals surface area contributed by atoms with Crippen LogP contribution in [0.4, 0.5) is 4.79 Å². The fourth-order valence-corrected chi connectivity index (χ4v) is 3.74. The second-order valence-corrected chi connectivity index (χ2v) is 7.52. The van der Waals surface area contributed by atoms with E-state index >= 15 is 0 Å². The molecule has 0 atom stereocenters. The number of hydrogen-bond acceptors (Lipinski definition) is 4. The summed E-state index contributed by atoms with van der Waals surface area (Å²) in [5.74, 6) is 0.633. The van der Waals surface area contributed by atoms with Crippen molar-refractivity contribution in [3.63, 3.8) is 0 Å². The predicted octanol–water partition coefficient (Wildman–Crippen LogP) is 2.52. The van der Waals surface area contributed by atoms with Gasteiger partial charge in [0.1, 0.15) is 6.54 Å². The van der Waals surface area contributed by atoms with E-state index in [1.807, 2.05) is 49.9 Å². The molecule has 3 rings (SSSR count). The molecule has 0 aliphatic carbocycles. The van der Waals surface area contributed by atoms with Gasteiger partial charge in [-0.3, -0.25) is 14.5 Å². The molecule has 1 aliphatic rings. The molecule has 0 saturated carbocycles. The minimum absolute atomic E-state index is 0.0219. The van der Waals surface area contributed by atoms with Crippen LogP contribution in [-0.2, 0) is 11.3 Å². The maximum absolute atomic E-state index is 12.9. The molecule has 0 radical (unpaired) electrons. The molecule has 29 heavy (non-hydrogen) atoms. The largest absolute Gasteiger partial charge is 0.338 e. The quantitative estimate of drug-likeness (QED) is 0.760. The number of nitrogens with one attached hydrogen (secondary N) is 1. The van der Waals surface area contributed by atoms with Crippen molar-refractivity contribution in [1.82, 2.24) is 29.5 Å². The third kappa shape index (κ3) is 4.67. The molecule has 1 N–H and O–H groups in total. The maximum Gasteiger partial charge on any atom is 0.320 e. The molecular weight excluding hydrogens is 388 g/mol. The average molecular weight is 417 g/mol. The molecule has 1 aromatic carbocycles. The van der Waals surface area contributed by atoms with Crippen LogP contribution in [-0.4, -0.2) is 80.7 Å². The van der Waals surface area contributed by atoms with E-state index in [-0.39, 0.29) is 18.5 Å². The predicted molar refractivity (Wildman–Crippen MR) is 114 cm³/mol. The summed E-state index contributed by atoms with van der Waals surface area (Å²) in [6, 6.07) is 7.99. The zero-order valence-corrected chi connectivity index (χ0v) is 18.0. The van der Waals surface area contributed by atoms with Crippen molar-refractivity contribution >= 4 is 24.2 Å². The molecule has 1 fully saturated rings. The Labute approximate surface area is 176 Å². The molecule has 9 heteroatoms. The van der Waals surface area contributed by atoms with Crippen molar-refractivity contribution in [2.75, 3.05) is 39.3 Å². The Balaban J connectivity index is 1.66. The summed E-state index contributed by atoms with van der Waals surface area (Å²) in [6.07, 6.45) is 0. The standard InChI is InChI=1S/C20H28N6O2S/c1-4-23(5-2)20(28)25-11-9-24(10-12-25)17(27)14-26-18(21-22-19(26)29)16-8-6-7-15(3)13-16/h6-8,13H,4-5,9-12,14H2,1-3H3,(H,22,29). The van der Waals surface area contributed by atoms with Crippen LogP contribution < -0.4 is 0 Å². The van der Waals surface area contributed by atoms with Gasteiger partial charge in [-0.15, -0.1) is 0 Å². The fraction of sp³-hybridized carbons (Fsp3) is 0.500. The first kappa shape index (κ1) is 21.0. The van der Waals surface area contributed by atoms with Gasteiger partial charge in [-0.05, 0) is 39.1 Å². The summed E-state index contributed by atoms with van der Waals surface area (Å²) in [6.45, 7) is 9.60. The topological polar surface area (TPSA) is 77.5 Å². The van der Waals surface area contributed by atoms with Gasteiger partial charge in [-0.2, -0.15) is 5.10 Å². The second-order valence-electron chi connectivity index (χ2n) is 7.13. The number of amides is 3. The van der Waals surface area contributed by atoms with E-state index in [0.717, 1.165) is 11.1 Å². The van der Waals surface area contributed by atoms with Gasteiger partial charge in [0.05, 0.1) is 0 Å². The average Bonchev–Trinajstić information content (AvgIpc) is 3.09. The van der Waals surface area contributed by atoms with Gasteiger partial charge >= 0.3 is 6.03 Å². The fourth-order valence-electron chi connectivity index (χ4n) is 3.55. The van der Waals surface area contributed by atoms with Crippen LogP contribution in [0.5, 0.6) is 0 Å². The molecule has 2 aromatic rings. The summed E-state index contributed by atoms with van der Waals surface area (Å²) >= 11 is 5.35. The minimum atomic E-state index is -0.0219. The van der Waals surface area contributed by atoms with Crippen LogP contribution in [0.25, 0.3) is 11.4 Å². The molecule has 8 nitrogen and oxygen atoms in total. The molecule has 0 spiro atoms. The molecule has 1 aliphatic heterocycles. The summed E-state index contributed by atoms with van der Waals surface area (Å²) in [5, 5.41) is 7.11. The number of benzene rings is 1. The van der Waals surface area contributed by atoms with Crippen molar-refractivity contribution in [3.8, 4) is 11.4 Å².